The van der Waals surface area contributed by atoms with Gasteiger partial charge in [0.1, 0.15) is 6.61 Å². The lowest BCUT2D eigenvalue weighted by Crippen LogP contribution is -2.46. The number of sulfonamides is 1. The third-order valence-electron chi connectivity index (χ3n) is 5.84. The second kappa shape index (κ2) is 8.78. The first-order chi connectivity index (χ1) is 14.8. The summed E-state index contributed by atoms with van der Waals surface area (Å²) in [5.74, 6) is 0.632. The summed E-state index contributed by atoms with van der Waals surface area (Å²) < 4.78 is 39.9. The first kappa shape index (κ1) is 21.5. The van der Waals surface area contributed by atoms with Gasteiger partial charge in [-0.15, -0.1) is 0 Å². The van der Waals surface area contributed by atoms with Gasteiger partial charge in [0, 0.05) is 24.8 Å². The SMILES string of the molecule is Cc1ccc(NS(=O)(=O)c2ccc3c(c2)OC[C@@H](C(=O)N2CCCCCC2)O3)cc1C. The van der Waals surface area contributed by atoms with Gasteiger partial charge in [0.25, 0.3) is 15.9 Å². The predicted molar refractivity (Wildman–Crippen MR) is 118 cm³/mol. The molecule has 0 aliphatic carbocycles. The highest BCUT2D eigenvalue weighted by atomic mass is 32.2. The number of fused-ring (bicyclic) bond motifs is 1. The molecular formula is C23H28N2O5S. The van der Waals surface area contributed by atoms with E-state index in [2.05, 4.69) is 4.72 Å². The number of anilines is 1. The Bertz CT molecular complexity index is 1080. The summed E-state index contributed by atoms with van der Waals surface area (Å²) in [4.78, 5) is 14.7. The Kier molecular flexibility index (Phi) is 6.09. The monoisotopic (exact) mass is 444 g/mol. The first-order valence-corrected chi connectivity index (χ1v) is 12.1. The van der Waals surface area contributed by atoms with Crippen LogP contribution in [0, 0.1) is 13.8 Å². The van der Waals surface area contributed by atoms with Gasteiger partial charge in [-0.05, 0) is 62.1 Å². The minimum atomic E-state index is -3.79. The predicted octanol–water partition coefficient (Wildman–Crippen LogP) is 3.65. The summed E-state index contributed by atoms with van der Waals surface area (Å²) in [6.07, 6.45) is 3.58. The molecule has 7 nitrogen and oxygen atoms in total. The number of carbonyl (C=O) groups excluding carboxylic acids is 1. The molecule has 1 fully saturated rings. The molecular weight excluding hydrogens is 416 g/mol. The maximum Gasteiger partial charge on any atom is 0.267 e. The van der Waals surface area contributed by atoms with Crippen molar-refractivity contribution in [2.45, 2.75) is 50.5 Å². The summed E-state index contributed by atoms with van der Waals surface area (Å²) in [5.41, 5.74) is 2.59. The third kappa shape index (κ3) is 4.79. The second-order valence-electron chi connectivity index (χ2n) is 8.17. The number of likely N-dealkylation sites (tertiary alicyclic amines) is 1. The van der Waals surface area contributed by atoms with Crippen molar-refractivity contribution in [3.8, 4) is 11.5 Å². The van der Waals surface area contributed by atoms with Gasteiger partial charge in [0.05, 0.1) is 4.90 Å². The first-order valence-electron chi connectivity index (χ1n) is 10.7. The Morgan fingerprint density at radius 2 is 1.71 bits per heavy atom. The van der Waals surface area contributed by atoms with Crippen molar-refractivity contribution in [2.75, 3.05) is 24.4 Å². The lowest BCUT2D eigenvalue weighted by molar-refractivity contribution is -0.141. The number of nitrogens with one attached hydrogen (secondary N) is 1. The van der Waals surface area contributed by atoms with E-state index >= 15 is 0 Å². The van der Waals surface area contributed by atoms with Crippen LogP contribution in [-0.2, 0) is 14.8 Å². The number of rotatable bonds is 4. The number of hydrogen-bond acceptors (Lipinski definition) is 5. The zero-order valence-electron chi connectivity index (χ0n) is 17.9. The van der Waals surface area contributed by atoms with E-state index in [9.17, 15) is 13.2 Å². The molecule has 0 spiro atoms. The van der Waals surface area contributed by atoms with Crippen LogP contribution in [0.5, 0.6) is 11.5 Å². The zero-order valence-corrected chi connectivity index (χ0v) is 18.7. The minimum absolute atomic E-state index is 0.0659. The van der Waals surface area contributed by atoms with E-state index in [0.717, 1.165) is 49.9 Å². The van der Waals surface area contributed by atoms with Gasteiger partial charge >= 0.3 is 0 Å². The lowest BCUT2D eigenvalue weighted by Gasteiger charge is -2.30. The molecule has 0 bridgehead atoms. The maximum atomic E-state index is 12.8. The number of carbonyl (C=O) groups is 1. The number of benzene rings is 2. The fourth-order valence-corrected chi connectivity index (χ4v) is 4.92. The second-order valence-corrected chi connectivity index (χ2v) is 9.85. The van der Waals surface area contributed by atoms with E-state index < -0.39 is 16.1 Å². The van der Waals surface area contributed by atoms with Crippen LogP contribution in [0.3, 0.4) is 0 Å². The Morgan fingerprint density at radius 1 is 0.968 bits per heavy atom. The summed E-state index contributed by atoms with van der Waals surface area (Å²) in [5, 5.41) is 0. The van der Waals surface area contributed by atoms with E-state index in [4.69, 9.17) is 9.47 Å². The number of ether oxygens (including phenoxy) is 2. The zero-order chi connectivity index (χ0) is 22.0. The molecule has 0 aromatic heterocycles. The Hall–Kier alpha value is -2.74. The van der Waals surface area contributed by atoms with Crippen molar-refractivity contribution >= 4 is 21.6 Å². The van der Waals surface area contributed by atoms with Crippen molar-refractivity contribution in [3.05, 3.63) is 47.5 Å². The Labute approximate surface area is 183 Å². The quantitative estimate of drug-likeness (QED) is 0.778. The molecule has 2 aromatic carbocycles. The number of hydrogen-bond donors (Lipinski definition) is 1. The van der Waals surface area contributed by atoms with Gasteiger partial charge in [-0.1, -0.05) is 18.9 Å². The average molecular weight is 445 g/mol. The van der Waals surface area contributed by atoms with Crippen LogP contribution in [0.1, 0.15) is 36.8 Å². The fourth-order valence-electron chi connectivity index (χ4n) is 3.85. The van der Waals surface area contributed by atoms with Crippen molar-refractivity contribution in [2.24, 2.45) is 0 Å². The molecule has 1 saturated heterocycles. The van der Waals surface area contributed by atoms with Gasteiger partial charge in [-0.2, -0.15) is 0 Å². The highest BCUT2D eigenvalue weighted by Gasteiger charge is 2.32. The minimum Gasteiger partial charge on any atom is -0.485 e. The summed E-state index contributed by atoms with van der Waals surface area (Å²) in [6, 6.07) is 9.85. The van der Waals surface area contributed by atoms with E-state index in [0.29, 0.717) is 17.2 Å². The molecule has 4 rings (SSSR count). The maximum absolute atomic E-state index is 12.8. The van der Waals surface area contributed by atoms with Crippen molar-refractivity contribution in [3.63, 3.8) is 0 Å². The smallest absolute Gasteiger partial charge is 0.267 e. The Balaban J connectivity index is 1.48. The van der Waals surface area contributed by atoms with Crippen LogP contribution in [-0.4, -0.2) is 45.0 Å². The molecule has 31 heavy (non-hydrogen) atoms. The van der Waals surface area contributed by atoms with Crippen LogP contribution in [0.15, 0.2) is 41.3 Å². The highest BCUT2D eigenvalue weighted by Crippen LogP contribution is 2.35. The largest absolute Gasteiger partial charge is 0.485 e. The van der Waals surface area contributed by atoms with Crippen LogP contribution >= 0.6 is 0 Å². The molecule has 1 N–H and O–H groups in total. The summed E-state index contributed by atoms with van der Waals surface area (Å²) >= 11 is 0. The van der Waals surface area contributed by atoms with Crippen molar-refractivity contribution < 1.29 is 22.7 Å². The van der Waals surface area contributed by atoms with Gasteiger partial charge < -0.3 is 14.4 Å². The van der Waals surface area contributed by atoms with E-state index in [1.54, 1.807) is 18.2 Å². The van der Waals surface area contributed by atoms with Crippen LogP contribution < -0.4 is 14.2 Å². The summed E-state index contributed by atoms with van der Waals surface area (Å²) in [6.45, 7) is 5.45. The molecule has 1 atom stereocenters. The van der Waals surface area contributed by atoms with Crippen LogP contribution in [0.4, 0.5) is 5.69 Å². The van der Waals surface area contributed by atoms with Crippen molar-refractivity contribution in [1.29, 1.82) is 0 Å². The average Bonchev–Trinajstić information content (AvgIpc) is 3.04. The standard InChI is InChI=1S/C23H28N2O5S/c1-16-7-8-18(13-17(16)2)24-31(27,28)19-9-10-20-21(14-19)29-15-22(30-20)23(26)25-11-5-3-4-6-12-25/h7-10,13-14,22,24H,3-6,11-12,15H2,1-2H3/t22-/m0/s1. The molecule has 1 amide bonds. The normalized spacial score (nSPS) is 18.9. The third-order valence-corrected chi connectivity index (χ3v) is 7.22. The highest BCUT2D eigenvalue weighted by molar-refractivity contribution is 7.92. The topological polar surface area (TPSA) is 84.9 Å². The van der Waals surface area contributed by atoms with Crippen LogP contribution in [0.25, 0.3) is 0 Å². The molecule has 2 heterocycles. The molecule has 8 heteroatoms. The summed E-state index contributed by atoms with van der Waals surface area (Å²) in [7, 11) is -3.79. The van der Waals surface area contributed by atoms with Gasteiger partial charge in [-0.25, -0.2) is 8.42 Å². The number of amides is 1. The van der Waals surface area contributed by atoms with E-state index in [1.165, 1.54) is 12.1 Å². The van der Waals surface area contributed by atoms with Gasteiger partial charge in [-0.3, -0.25) is 9.52 Å². The van der Waals surface area contributed by atoms with Gasteiger partial charge in [0.15, 0.2) is 11.5 Å². The van der Waals surface area contributed by atoms with E-state index in [1.807, 2.05) is 24.8 Å². The molecule has 0 saturated carbocycles. The fraction of sp³-hybridized carbons (Fsp3) is 0.435. The molecule has 0 radical (unpaired) electrons. The molecule has 2 aromatic rings. The number of aryl methyl sites for hydroxylation is 2. The lowest BCUT2D eigenvalue weighted by atomic mass is 10.1. The molecule has 0 unspecified atom stereocenters. The molecule has 2 aliphatic heterocycles. The van der Waals surface area contributed by atoms with E-state index in [-0.39, 0.29) is 17.4 Å². The van der Waals surface area contributed by atoms with Crippen molar-refractivity contribution in [1.82, 2.24) is 4.90 Å². The molecule has 166 valence electrons. The molecule has 2 aliphatic rings. The number of nitrogens with zero attached hydrogens (tertiary/aromatic N) is 1. The van der Waals surface area contributed by atoms with Gasteiger partial charge in [0.2, 0.25) is 6.10 Å². The van der Waals surface area contributed by atoms with Crippen LogP contribution in [0.2, 0.25) is 0 Å². The Morgan fingerprint density at radius 3 is 2.42 bits per heavy atom.